The van der Waals surface area contributed by atoms with Gasteiger partial charge in [0.1, 0.15) is 12.4 Å². The SMILES string of the molecule is CN=C(NCc1ccc(OCCOC)nc1)N1CCN(c2ccccn2)CC1. The van der Waals surface area contributed by atoms with Crippen molar-refractivity contribution >= 4 is 11.8 Å². The topological polar surface area (TPSA) is 75.1 Å². The van der Waals surface area contributed by atoms with Crippen molar-refractivity contribution in [3.8, 4) is 5.88 Å². The Morgan fingerprint density at radius 3 is 2.61 bits per heavy atom. The lowest BCUT2D eigenvalue weighted by molar-refractivity contribution is 0.143. The average molecular weight is 384 g/mol. The van der Waals surface area contributed by atoms with E-state index >= 15 is 0 Å². The number of methoxy groups -OCH3 is 1. The zero-order valence-electron chi connectivity index (χ0n) is 16.5. The number of ether oxygens (including phenoxy) is 2. The van der Waals surface area contributed by atoms with Gasteiger partial charge in [-0.15, -0.1) is 0 Å². The van der Waals surface area contributed by atoms with E-state index in [4.69, 9.17) is 9.47 Å². The van der Waals surface area contributed by atoms with Gasteiger partial charge in [-0.25, -0.2) is 9.97 Å². The van der Waals surface area contributed by atoms with Crippen molar-refractivity contribution in [3.05, 3.63) is 48.3 Å². The number of nitrogens with one attached hydrogen (secondary N) is 1. The maximum absolute atomic E-state index is 5.49. The van der Waals surface area contributed by atoms with E-state index in [9.17, 15) is 0 Å². The third-order valence-electron chi connectivity index (χ3n) is 4.55. The smallest absolute Gasteiger partial charge is 0.213 e. The molecule has 1 aliphatic heterocycles. The molecule has 0 saturated carbocycles. The normalized spacial score (nSPS) is 14.9. The van der Waals surface area contributed by atoms with Crippen molar-refractivity contribution in [2.75, 3.05) is 58.5 Å². The minimum atomic E-state index is 0.498. The van der Waals surface area contributed by atoms with Crippen molar-refractivity contribution in [1.29, 1.82) is 0 Å². The van der Waals surface area contributed by atoms with Gasteiger partial charge in [0.15, 0.2) is 5.96 Å². The molecule has 2 aromatic heterocycles. The quantitative estimate of drug-likeness (QED) is 0.439. The maximum atomic E-state index is 5.49. The molecule has 2 aromatic rings. The molecule has 8 heteroatoms. The second-order valence-electron chi connectivity index (χ2n) is 6.41. The molecule has 1 fully saturated rings. The highest BCUT2D eigenvalue weighted by atomic mass is 16.5. The van der Waals surface area contributed by atoms with Crippen molar-refractivity contribution in [2.24, 2.45) is 4.99 Å². The Balaban J connectivity index is 1.46. The van der Waals surface area contributed by atoms with Gasteiger partial charge in [-0.05, 0) is 17.7 Å². The Labute approximate surface area is 166 Å². The number of piperazine rings is 1. The van der Waals surface area contributed by atoms with Gasteiger partial charge < -0.3 is 24.6 Å². The summed E-state index contributed by atoms with van der Waals surface area (Å²) in [4.78, 5) is 17.8. The van der Waals surface area contributed by atoms with Crippen LogP contribution in [0, 0.1) is 0 Å². The lowest BCUT2D eigenvalue weighted by Gasteiger charge is -2.37. The molecule has 0 aromatic carbocycles. The molecule has 150 valence electrons. The van der Waals surface area contributed by atoms with Crippen LogP contribution in [0.25, 0.3) is 0 Å². The fraction of sp³-hybridized carbons (Fsp3) is 0.450. The molecule has 1 N–H and O–H groups in total. The van der Waals surface area contributed by atoms with Gasteiger partial charge in [-0.3, -0.25) is 4.99 Å². The van der Waals surface area contributed by atoms with Crippen LogP contribution in [-0.2, 0) is 11.3 Å². The molecular formula is C20H28N6O2. The van der Waals surface area contributed by atoms with Crippen LogP contribution in [-0.4, -0.2) is 74.4 Å². The van der Waals surface area contributed by atoms with Gasteiger partial charge in [0.25, 0.3) is 0 Å². The molecule has 3 heterocycles. The predicted molar refractivity (Wildman–Crippen MR) is 110 cm³/mol. The molecule has 8 nitrogen and oxygen atoms in total. The molecule has 0 bridgehead atoms. The first-order valence-electron chi connectivity index (χ1n) is 9.48. The third-order valence-corrected chi connectivity index (χ3v) is 4.55. The molecule has 0 spiro atoms. The summed E-state index contributed by atoms with van der Waals surface area (Å²) in [7, 11) is 3.47. The summed E-state index contributed by atoms with van der Waals surface area (Å²) < 4.78 is 10.5. The second-order valence-corrected chi connectivity index (χ2v) is 6.41. The number of aromatic nitrogens is 2. The fourth-order valence-corrected chi connectivity index (χ4v) is 3.03. The van der Waals surface area contributed by atoms with Crippen LogP contribution in [0.4, 0.5) is 5.82 Å². The average Bonchev–Trinajstić information content (AvgIpc) is 2.76. The number of anilines is 1. The van der Waals surface area contributed by atoms with E-state index in [0.29, 0.717) is 25.6 Å². The summed E-state index contributed by atoms with van der Waals surface area (Å²) in [5.74, 6) is 2.54. The zero-order valence-corrected chi connectivity index (χ0v) is 16.5. The minimum Gasteiger partial charge on any atom is -0.475 e. The molecule has 0 atom stereocenters. The number of hydrogen-bond acceptors (Lipinski definition) is 6. The Hall–Kier alpha value is -2.87. The van der Waals surface area contributed by atoms with Crippen LogP contribution >= 0.6 is 0 Å². The maximum Gasteiger partial charge on any atom is 0.213 e. The fourth-order valence-electron chi connectivity index (χ4n) is 3.03. The summed E-state index contributed by atoms with van der Waals surface area (Å²) in [5, 5.41) is 3.42. The summed E-state index contributed by atoms with van der Waals surface area (Å²) >= 11 is 0. The van der Waals surface area contributed by atoms with Gasteiger partial charge in [-0.2, -0.15) is 0 Å². The molecule has 0 aliphatic carbocycles. The van der Waals surface area contributed by atoms with Gasteiger partial charge in [0, 0.05) is 65.3 Å². The standard InChI is InChI=1S/C20H28N6O2/c1-21-20(24-16-17-6-7-19(23-15-17)28-14-13-27-2)26-11-9-25(10-12-26)18-5-3-4-8-22-18/h3-8,15H,9-14,16H2,1-2H3,(H,21,24). The highest BCUT2D eigenvalue weighted by Gasteiger charge is 2.20. The first kappa shape index (κ1) is 19.9. The van der Waals surface area contributed by atoms with E-state index in [1.807, 2.05) is 43.7 Å². The van der Waals surface area contributed by atoms with Gasteiger partial charge >= 0.3 is 0 Å². The van der Waals surface area contributed by atoms with Crippen molar-refractivity contribution in [1.82, 2.24) is 20.2 Å². The number of guanidine groups is 1. The molecule has 28 heavy (non-hydrogen) atoms. The molecule has 3 rings (SSSR count). The van der Waals surface area contributed by atoms with Crippen LogP contribution in [0.1, 0.15) is 5.56 Å². The first-order chi connectivity index (χ1) is 13.8. The van der Waals surface area contributed by atoms with Crippen molar-refractivity contribution in [2.45, 2.75) is 6.54 Å². The second kappa shape index (κ2) is 10.5. The Morgan fingerprint density at radius 1 is 1.11 bits per heavy atom. The number of aliphatic imine (C=N–C) groups is 1. The number of pyridine rings is 2. The van der Waals surface area contributed by atoms with E-state index in [2.05, 4.69) is 36.1 Å². The Kier molecular flexibility index (Phi) is 7.43. The van der Waals surface area contributed by atoms with Crippen LogP contribution in [0.3, 0.4) is 0 Å². The predicted octanol–water partition coefficient (Wildman–Crippen LogP) is 1.40. The highest BCUT2D eigenvalue weighted by molar-refractivity contribution is 5.80. The summed E-state index contributed by atoms with van der Waals surface area (Å²) in [6.07, 6.45) is 3.66. The number of rotatable bonds is 7. The molecule has 1 aliphatic rings. The monoisotopic (exact) mass is 384 g/mol. The molecule has 0 radical (unpaired) electrons. The minimum absolute atomic E-state index is 0.498. The Morgan fingerprint density at radius 2 is 1.96 bits per heavy atom. The van der Waals surface area contributed by atoms with Gasteiger partial charge in [0.2, 0.25) is 5.88 Å². The molecule has 0 amide bonds. The van der Waals surface area contributed by atoms with Gasteiger partial charge in [0.05, 0.1) is 6.61 Å². The zero-order chi connectivity index (χ0) is 19.6. The molecule has 1 saturated heterocycles. The van der Waals surface area contributed by atoms with E-state index in [-0.39, 0.29) is 0 Å². The van der Waals surface area contributed by atoms with Gasteiger partial charge in [-0.1, -0.05) is 12.1 Å². The lowest BCUT2D eigenvalue weighted by atomic mass is 10.3. The summed E-state index contributed by atoms with van der Waals surface area (Å²) in [6.45, 7) is 5.37. The molecule has 0 unspecified atom stereocenters. The van der Waals surface area contributed by atoms with Crippen LogP contribution in [0.2, 0.25) is 0 Å². The van der Waals surface area contributed by atoms with Crippen molar-refractivity contribution < 1.29 is 9.47 Å². The van der Waals surface area contributed by atoms with E-state index in [0.717, 1.165) is 43.5 Å². The van der Waals surface area contributed by atoms with Crippen molar-refractivity contribution in [3.63, 3.8) is 0 Å². The van der Waals surface area contributed by atoms with Crippen LogP contribution < -0.4 is 15.0 Å². The van der Waals surface area contributed by atoms with E-state index in [1.165, 1.54) is 0 Å². The number of nitrogens with zero attached hydrogens (tertiary/aromatic N) is 5. The lowest BCUT2D eigenvalue weighted by Crippen LogP contribution is -2.52. The third kappa shape index (κ3) is 5.56. The van der Waals surface area contributed by atoms with E-state index < -0.39 is 0 Å². The first-order valence-corrected chi connectivity index (χ1v) is 9.48. The number of hydrogen-bond donors (Lipinski definition) is 1. The van der Waals surface area contributed by atoms with Crippen LogP contribution in [0.15, 0.2) is 47.7 Å². The van der Waals surface area contributed by atoms with Crippen LogP contribution in [0.5, 0.6) is 5.88 Å². The van der Waals surface area contributed by atoms with E-state index in [1.54, 1.807) is 7.11 Å². The summed E-state index contributed by atoms with van der Waals surface area (Å²) in [5.41, 5.74) is 1.08. The Bertz CT molecular complexity index is 730. The highest BCUT2D eigenvalue weighted by Crippen LogP contribution is 2.13. The molecular weight excluding hydrogens is 356 g/mol. The largest absolute Gasteiger partial charge is 0.475 e. The summed E-state index contributed by atoms with van der Waals surface area (Å²) in [6, 6.07) is 9.91.